The first kappa shape index (κ1) is 34.1. The molecule has 2 amide bonds. The van der Waals surface area contributed by atoms with Crippen molar-refractivity contribution in [3.63, 3.8) is 0 Å². The second-order valence-electron chi connectivity index (χ2n) is 15.4. The second-order valence-corrected chi connectivity index (χ2v) is 15.4. The van der Waals surface area contributed by atoms with E-state index >= 15 is 0 Å². The van der Waals surface area contributed by atoms with Crippen LogP contribution in [0.15, 0.2) is 72.3 Å². The predicted octanol–water partition coefficient (Wildman–Crippen LogP) is 7.66. The highest BCUT2D eigenvalue weighted by Crippen LogP contribution is 2.46. The van der Waals surface area contributed by atoms with Gasteiger partial charge in [-0.1, -0.05) is 74.6 Å². The maximum Gasteiger partial charge on any atom is 0.251 e. The summed E-state index contributed by atoms with van der Waals surface area (Å²) in [5.41, 5.74) is 9.14. The highest BCUT2D eigenvalue weighted by molar-refractivity contribution is 6.04. The van der Waals surface area contributed by atoms with Crippen molar-refractivity contribution >= 4 is 39.8 Å². The molecule has 3 aromatic carbocycles. The van der Waals surface area contributed by atoms with Crippen molar-refractivity contribution in [2.45, 2.75) is 82.8 Å². The van der Waals surface area contributed by atoms with Crippen molar-refractivity contribution in [2.24, 2.45) is 0 Å². The van der Waals surface area contributed by atoms with E-state index in [1.807, 2.05) is 30.3 Å². The molecule has 53 heavy (non-hydrogen) atoms. The number of H-pyrrole nitrogens is 1. The van der Waals surface area contributed by atoms with Gasteiger partial charge in [-0.15, -0.1) is 0 Å². The van der Waals surface area contributed by atoms with Crippen LogP contribution in [0.1, 0.15) is 91.0 Å². The van der Waals surface area contributed by atoms with E-state index in [1.54, 1.807) is 0 Å². The third-order valence-corrected chi connectivity index (χ3v) is 12.2. The number of aromatic nitrogens is 3. The van der Waals surface area contributed by atoms with Crippen LogP contribution in [0.4, 0.5) is 0 Å². The predicted molar refractivity (Wildman–Crippen MR) is 210 cm³/mol. The van der Waals surface area contributed by atoms with Gasteiger partial charge in [-0.2, -0.15) is 0 Å². The van der Waals surface area contributed by atoms with E-state index < -0.39 is 0 Å². The molecule has 2 saturated heterocycles. The molecule has 9 nitrogen and oxygen atoms in total. The fourth-order valence-corrected chi connectivity index (χ4v) is 9.44. The molecule has 5 heterocycles. The summed E-state index contributed by atoms with van der Waals surface area (Å²) in [6.45, 7) is 5.87. The Morgan fingerprint density at radius 2 is 1.60 bits per heavy atom. The van der Waals surface area contributed by atoms with Crippen LogP contribution < -0.4 is 5.32 Å². The van der Waals surface area contributed by atoms with E-state index in [4.69, 9.17) is 4.74 Å². The van der Waals surface area contributed by atoms with Crippen molar-refractivity contribution in [1.29, 1.82) is 0 Å². The van der Waals surface area contributed by atoms with Crippen LogP contribution in [0.2, 0.25) is 0 Å². The van der Waals surface area contributed by atoms with E-state index in [0.29, 0.717) is 30.6 Å². The molecule has 5 aromatic rings. The quantitative estimate of drug-likeness (QED) is 0.189. The standard InChI is InChI=1S/C44H50N6O3/c51-43(45-28-40-46-37-14-8-9-15-38(37)47-40)32-16-17-36-39(27-32)50-29-33(44(52)49-20-18-34(19-21-49)48-22-24-53-25-23-48)26-31-12-6-7-13-35(31)42(50)41(36)30-10-4-2-1-3-5-11-30/h6-9,12-17,26-27,30,34H,1-5,10-11,18-25,28-29H2,(H,45,51)(H,46,47). The molecule has 3 fully saturated rings. The van der Waals surface area contributed by atoms with Crippen LogP contribution >= 0.6 is 0 Å². The van der Waals surface area contributed by atoms with Gasteiger partial charge in [0, 0.05) is 59.8 Å². The zero-order chi connectivity index (χ0) is 35.7. The van der Waals surface area contributed by atoms with Gasteiger partial charge in [-0.25, -0.2) is 4.98 Å². The Morgan fingerprint density at radius 3 is 2.42 bits per heavy atom. The molecule has 0 atom stereocenters. The van der Waals surface area contributed by atoms with E-state index in [9.17, 15) is 9.59 Å². The lowest BCUT2D eigenvalue weighted by Gasteiger charge is -2.40. The number of carbonyl (C=O) groups is 2. The topological polar surface area (TPSA) is 95.5 Å². The molecule has 2 N–H and O–H groups in total. The van der Waals surface area contributed by atoms with Gasteiger partial charge >= 0.3 is 0 Å². The molecular formula is C44H50N6O3. The smallest absolute Gasteiger partial charge is 0.251 e. The molecule has 1 aliphatic carbocycles. The molecule has 4 aliphatic rings. The largest absolute Gasteiger partial charge is 0.379 e. The minimum absolute atomic E-state index is 0.127. The van der Waals surface area contributed by atoms with Gasteiger partial charge in [0.1, 0.15) is 5.82 Å². The first-order chi connectivity index (χ1) is 26.1. The van der Waals surface area contributed by atoms with Crippen molar-refractivity contribution in [2.75, 3.05) is 39.4 Å². The highest BCUT2D eigenvalue weighted by Gasteiger charge is 2.33. The van der Waals surface area contributed by atoms with Crippen molar-refractivity contribution < 1.29 is 14.3 Å². The summed E-state index contributed by atoms with van der Waals surface area (Å²) in [6, 6.07) is 23.2. The second kappa shape index (κ2) is 15.0. The molecule has 0 unspecified atom stereocenters. The number of hydrogen-bond donors (Lipinski definition) is 2. The number of nitrogens with zero attached hydrogens (tertiary/aromatic N) is 4. The van der Waals surface area contributed by atoms with Crippen LogP contribution in [0.3, 0.4) is 0 Å². The van der Waals surface area contributed by atoms with E-state index in [2.05, 4.69) is 72.1 Å². The number of fused-ring (bicyclic) bond motifs is 6. The molecule has 9 rings (SSSR count). The molecule has 274 valence electrons. The first-order valence-corrected chi connectivity index (χ1v) is 19.9. The minimum atomic E-state index is -0.139. The summed E-state index contributed by atoms with van der Waals surface area (Å²) in [5.74, 6) is 1.13. The number of nitrogens with one attached hydrogen (secondary N) is 2. The van der Waals surface area contributed by atoms with Crippen molar-refractivity contribution in [3.8, 4) is 11.3 Å². The van der Waals surface area contributed by atoms with Gasteiger partial charge in [0.15, 0.2) is 0 Å². The van der Waals surface area contributed by atoms with Gasteiger partial charge in [-0.05, 0) is 73.1 Å². The molecular weight excluding hydrogens is 661 g/mol. The third-order valence-electron chi connectivity index (χ3n) is 12.2. The number of hydrogen-bond acceptors (Lipinski definition) is 5. The first-order valence-electron chi connectivity index (χ1n) is 19.9. The lowest BCUT2D eigenvalue weighted by atomic mass is 9.83. The molecule has 2 aromatic heterocycles. The van der Waals surface area contributed by atoms with Crippen molar-refractivity contribution in [3.05, 3.63) is 94.8 Å². The lowest BCUT2D eigenvalue weighted by molar-refractivity contribution is -0.129. The fraction of sp³-hybridized carbons (Fsp3) is 0.432. The number of para-hydroxylation sites is 2. The number of likely N-dealkylation sites (tertiary alicyclic amines) is 1. The molecule has 0 spiro atoms. The Morgan fingerprint density at radius 1 is 0.849 bits per heavy atom. The number of ether oxygens (including phenoxy) is 1. The Bertz CT molecular complexity index is 2130. The zero-order valence-electron chi connectivity index (χ0n) is 30.6. The van der Waals surface area contributed by atoms with E-state index in [-0.39, 0.29) is 11.8 Å². The minimum Gasteiger partial charge on any atom is -0.379 e. The zero-order valence-corrected chi connectivity index (χ0v) is 30.6. The van der Waals surface area contributed by atoms with Gasteiger partial charge in [0.05, 0.1) is 43.0 Å². The Kier molecular flexibility index (Phi) is 9.61. The Hall–Kier alpha value is -4.73. The number of morpholine rings is 1. The van der Waals surface area contributed by atoms with Gasteiger partial charge in [-0.3, -0.25) is 14.5 Å². The summed E-state index contributed by atoms with van der Waals surface area (Å²) < 4.78 is 7.97. The third kappa shape index (κ3) is 6.81. The normalized spacial score (nSPS) is 19.2. The average molecular weight is 711 g/mol. The maximum atomic E-state index is 14.5. The van der Waals surface area contributed by atoms with Crippen LogP contribution in [0.25, 0.3) is 39.3 Å². The van der Waals surface area contributed by atoms with Crippen LogP contribution in [0, 0.1) is 0 Å². The molecule has 0 radical (unpaired) electrons. The number of carbonyl (C=O) groups excluding carboxylic acids is 2. The number of aromatic amines is 1. The number of amides is 2. The number of rotatable bonds is 6. The van der Waals surface area contributed by atoms with Gasteiger partial charge < -0.3 is 24.5 Å². The average Bonchev–Trinajstić information content (AvgIpc) is 3.70. The summed E-state index contributed by atoms with van der Waals surface area (Å²) in [4.78, 5) is 40.9. The molecule has 0 bridgehead atoms. The number of piperidine rings is 1. The molecule has 1 saturated carbocycles. The Balaban J connectivity index is 1.07. The molecule has 3 aliphatic heterocycles. The van der Waals surface area contributed by atoms with Crippen LogP contribution in [0.5, 0.6) is 0 Å². The number of benzene rings is 3. The SMILES string of the molecule is O=C(NCc1nc2ccccc2[nH]1)c1ccc2c(C3CCCCCCC3)c3n(c2c1)CC(C(=O)N1CCC(N2CCOCC2)CC1)=Cc1ccccc1-3. The fourth-order valence-electron chi connectivity index (χ4n) is 9.44. The summed E-state index contributed by atoms with van der Waals surface area (Å²) in [5, 5.41) is 4.31. The lowest BCUT2D eigenvalue weighted by Crippen LogP contribution is -2.50. The number of imidazole rings is 1. The monoisotopic (exact) mass is 710 g/mol. The summed E-state index contributed by atoms with van der Waals surface area (Å²) in [7, 11) is 0. The van der Waals surface area contributed by atoms with Crippen LogP contribution in [-0.2, 0) is 22.6 Å². The summed E-state index contributed by atoms with van der Waals surface area (Å²) >= 11 is 0. The van der Waals surface area contributed by atoms with Gasteiger partial charge in [0.25, 0.3) is 11.8 Å². The Labute approximate surface area is 311 Å². The van der Waals surface area contributed by atoms with E-state index in [0.717, 1.165) is 98.6 Å². The van der Waals surface area contributed by atoms with Gasteiger partial charge in [0.2, 0.25) is 0 Å². The summed E-state index contributed by atoms with van der Waals surface area (Å²) in [6.07, 6.45) is 12.8. The maximum absolute atomic E-state index is 14.5. The van der Waals surface area contributed by atoms with Crippen molar-refractivity contribution in [1.82, 2.24) is 29.7 Å². The van der Waals surface area contributed by atoms with Crippen LogP contribution in [-0.4, -0.2) is 81.6 Å². The van der Waals surface area contributed by atoms with E-state index in [1.165, 1.54) is 54.3 Å². The molecule has 9 heteroatoms. The highest BCUT2D eigenvalue weighted by atomic mass is 16.5.